The van der Waals surface area contributed by atoms with Gasteiger partial charge in [0.05, 0.1) is 12.2 Å². The molecule has 3 nitrogen and oxygen atoms in total. The quantitative estimate of drug-likeness (QED) is 0.632. The van der Waals surface area contributed by atoms with Crippen molar-refractivity contribution in [3.8, 4) is 11.1 Å². The summed E-state index contributed by atoms with van der Waals surface area (Å²) in [6, 6.07) is 16.1. The summed E-state index contributed by atoms with van der Waals surface area (Å²) in [6.07, 6.45) is -4.49. The smallest absolute Gasteiger partial charge is 0.392 e. The number of Topliss-reactive ketones (excluding diaryl/α,β-unsaturated/α-hetero) is 2. The highest BCUT2D eigenvalue weighted by Crippen LogP contribution is 2.38. The van der Waals surface area contributed by atoms with Crippen LogP contribution in [0.4, 0.5) is 13.2 Å². The second kappa shape index (κ2) is 6.97. The van der Waals surface area contributed by atoms with E-state index in [1.54, 1.807) is 36.4 Å². The van der Waals surface area contributed by atoms with Crippen LogP contribution in [0.25, 0.3) is 11.1 Å². The second-order valence-electron chi connectivity index (χ2n) is 6.86. The van der Waals surface area contributed by atoms with E-state index in [0.717, 1.165) is 17.7 Å². The molecule has 1 unspecified atom stereocenters. The van der Waals surface area contributed by atoms with E-state index in [9.17, 15) is 27.9 Å². The molecule has 1 N–H and O–H groups in total. The molecule has 1 aliphatic rings. The lowest BCUT2D eigenvalue weighted by molar-refractivity contribution is -0.137. The molecule has 0 saturated carbocycles. The Kier molecular flexibility index (Phi) is 4.59. The number of aliphatic hydroxyl groups excluding tert-OH is 1. The van der Waals surface area contributed by atoms with Gasteiger partial charge < -0.3 is 5.11 Å². The molecular formula is C23H15F3O3. The van der Waals surface area contributed by atoms with E-state index >= 15 is 0 Å². The average Bonchev–Trinajstić information content (AvgIpc) is 2.97. The van der Waals surface area contributed by atoms with Gasteiger partial charge >= 0.3 is 6.18 Å². The number of alkyl halides is 3. The van der Waals surface area contributed by atoms with Gasteiger partial charge in [-0.05, 0) is 40.5 Å². The highest BCUT2D eigenvalue weighted by Gasteiger charge is 2.40. The van der Waals surface area contributed by atoms with Crippen LogP contribution < -0.4 is 0 Å². The fourth-order valence-corrected chi connectivity index (χ4v) is 3.67. The first kappa shape index (κ1) is 19.1. The lowest BCUT2D eigenvalue weighted by Gasteiger charge is -2.10. The Morgan fingerprint density at radius 1 is 0.793 bits per heavy atom. The van der Waals surface area contributed by atoms with Gasteiger partial charge in [-0.2, -0.15) is 13.2 Å². The molecule has 0 aliphatic heterocycles. The number of halogens is 3. The maximum absolute atomic E-state index is 12.9. The Morgan fingerprint density at radius 2 is 1.45 bits per heavy atom. The molecule has 0 saturated heterocycles. The van der Waals surface area contributed by atoms with Gasteiger partial charge in [-0.25, -0.2) is 0 Å². The summed E-state index contributed by atoms with van der Waals surface area (Å²) >= 11 is 0. The van der Waals surface area contributed by atoms with Crippen molar-refractivity contribution in [3.63, 3.8) is 0 Å². The third-order valence-electron chi connectivity index (χ3n) is 5.14. The van der Waals surface area contributed by atoms with Crippen molar-refractivity contribution < 1.29 is 27.9 Å². The van der Waals surface area contributed by atoms with Crippen LogP contribution in [0.1, 0.15) is 43.3 Å². The van der Waals surface area contributed by atoms with Gasteiger partial charge in [0.25, 0.3) is 0 Å². The highest BCUT2D eigenvalue weighted by molar-refractivity contribution is 6.30. The SMILES string of the molecule is O=C1c2ccc(-c3ccccc3CO)cc2C(=O)C1c1ccc(C(F)(F)F)cc1. The Labute approximate surface area is 164 Å². The number of aliphatic hydroxyl groups is 1. The van der Waals surface area contributed by atoms with E-state index < -0.39 is 29.2 Å². The summed E-state index contributed by atoms with van der Waals surface area (Å²) < 4.78 is 38.3. The third-order valence-corrected chi connectivity index (χ3v) is 5.14. The van der Waals surface area contributed by atoms with Crippen molar-refractivity contribution in [1.29, 1.82) is 0 Å². The van der Waals surface area contributed by atoms with E-state index in [4.69, 9.17) is 0 Å². The van der Waals surface area contributed by atoms with Crippen molar-refractivity contribution in [2.24, 2.45) is 0 Å². The Hall–Kier alpha value is -3.25. The predicted molar refractivity (Wildman–Crippen MR) is 101 cm³/mol. The Morgan fingerprint density at radius 3 is 2.10 bits per heavy atom. The van der Waals surface area contributed by atoms with Crippen LogP contribution in [0.2, 0.25) is 0 Å². The number of carbonyl (C=O) groups is 2. The van der Waals surface area contributed by atoms with Crippen molar-refractivity contribution in [1.82, 2.24) is 0 Å². The molecule has 1 atom stereocenters. The van der Waals surface area contributed by atoms with Gasteiger partial charge in [0.15, 0.2) is 11.6 Å². The van der Waals surface area contributed by atoms with Crippen LogP contribution in [0.15, 0.2) is 66.7 Å². The summed E-state index contributed by atoms with van der Waals surface area (Å²) in [5.41, 5.74) is 2.01. The van der Waals surface area contributed by atoms with E-state index in [1.807, 2.05) is 6.07 Å². The van der Waals surface area contributed by atoms with Crippen LogP contribution >= 0.6 is 0 Å². The summed E-state index contributed by atoms with van der Waals surface area (Å²) in [6.45, 7) is -0.172. The van der Waals surface area contributed by atoms with Crippen molar-refractivity contribution >= 4 is 11.6 Å². The molecule has 29 heavy (non-hydrogen) atoms. The first-order valence-electron chi connectivity index (χ1n) is 8.90. The minimum Gasteiger partial charge on any atom is -0.392 e. The molecule has 146 valence electrons. The maximum Gasteiger partial charge on any atom is 0.416 e. The number of ketones is 2. The second-order valence-corrected chi connectivity index (χ2v) is 6.86. The van der Waals surface area contributed by atoms with Crippen molar-refractivity contribution in [2.45, 2.75) is 18.7 Å². The zero-order valence-corrected chi connectivity index (χ0v) is 15.0. The Balaban J connectivity index is 1.72. The number of rotatable bonds is 3. The van der Waals surface area contributed by atoms with Crippen LogP contribution in [-0.4, -0.2) is 16.7 Å². The number of hydrogen-bond donors (Lipinski definition) is 1. The molecule has 1 aliphatic carbocycles. The minimum atomic E-state index is -4.49. The van der Waals surface area contributed by atoms with E-state index in [-0.39, 0.29) is 23.3 Å². The molecule has 0 heterocycles. The Bertz CT molecular complexity index is 1110. The molecule has 0 aromatic heterocycles. The summed E-state index contributed by atoms with van der Waals surface area (Å²) in [7, 11) is 0. The average molecular weight is 396 g/mol. The molecule has 0 spiro atoms. The summed E-state index contributed by atoms with van der Waals surface area (Å²) in [5, 5.41) is 9.54. The number of fused-ring (bicyclic) bond motifs is 1. The van der Waals surface area contributed by atoms with Gasteiger partial charge in [0.1, 0.15) is 5.92 Å². The van der Waals surface area contributed by atoms with Crippen LogP contribution in [0.5, 0.6) is 0 Å². The predicted octanol–water partition coefficient (Wildman–Crippen LogP) is 5.03. The fourth-order valence-electron chi connectivity index (χ4n) is 3.67. The molecule has 6 heteroatoms. The standard InChI is InChI=1S/C23H15F3O3/c24-23(25,26)16-8-5-13(6-9-16)20-21(28)18-10-7-14(11-19(18)22(20)29)17-4-2-1-3-15(17)12-27/h1-11,20,27H,12H2. The van der Waals surface area contributed by atoms with Crippen LogP contribution in [-0.2, 0) is 12.8 Å². The largest absolute Gasteiger partial charge is 0.416 e. The fraction of sp³-hybridized carbons (Fsp3) is 0.130. The highest BCUT2D eigenvalue weighted by atomic mass is 19.4. The van der Waals surface area contributed by atoms with Crippen molar-refractivity contribution in [2.75, 3.05) is 0 Å². The zero-order valence-electron chi connectivity index (χ0n) is 15.0. The lowest BCUT2D eigenvalue weighted by Crippen LogP contribution is -2.13. The van der Waals surface area contributed by atoms with E-state index in [1.165, 1.54) is 12.1 Å². The lowest BCUT2D eigenvalue weighted by atomic mass is 9.93. The number of carbonyl (C=O) groups excluding carboxylic acids is 2. The molecule has 0 radical (unpaired) electrons. The van der Waals surface area contributed by atoms with Gasteiger partial charge in [-0.15, -0.1) is 0 Å². The summed E-state index contributed by atoms with van der Waals surface area (Å²) in [4.78, 5) is 25.7. The van der Waals surface area contributed by atoms with E-state index in [2.05, 4.69) is 0 Å². The maximum atomic E-state index is 12.9. The molecule has 3 aromatic carbocycles. The third kappa shape index (κ3) is 3.25. The molecule has 0 amide bonds. The number of benzene rings is 3. The van der Waals surface area contributed by atoms with Gasteiger partial charge in [-0.3, -0.25) is 9.59 Å². The van der Waals surface area contributed by atoms with E-state index in [0.29, 0.717) is 11.1 Å². The topological polar surface area (TPSA) is 54.4 Å². The van der Waals surface area contributed by atoms with Gasteiger partial charge in [0, 0.05) is 11.1 Å². The van der Waals surface area contributed by atoms with Crippen LogP contribution in [0, 0.1) is 0 Å². The first-order valence-corrected chi connectivity index (χ1v) is 8.90. The number of hydrogen-bond acceptors (Lipinski definition) is 3. The molecule has 3 aromatic rings. The van der Waals surface area contributed by atoms with Crippen LogP contribution in [0.3, 0.4) is 0 Å². The molecular weight excluding hydrogens is 381 g/mol. The summed E-state index contributed by atoms with van der Waals surface area (Å²) in [5.74, 6) is -2.00. The van der Waals surface area contributed by atoms with Crippen molar-refractivity contribution in [3.05, 3.63) is 94.5 Å². The minimum absolute atomic E-state index is 0.172. The normalized spacial score (nSPS) is 16.2. The molecule has 0 fully saturated rings. The zero-order chi connectivity index (χ0) is 20.8. The monoisotopic (exact) mass is 396 g/mol. The van der Waals surface area contributed by atoms with Gasteiger partial charge in [-0.1, -0.05) is 48.5 Å². The molecule has 0 bridgehead atoms. The van der Waals surface area contributed by atoms with Gasteiger partial charge in [0.2, 0.25) is 0 Å². The first-order chi connectivity index (χ1) is 13.8. The molecule has 4 rings (SSSR count).